The first-order valence-electron chi connectivity index (χ1n) is 5.15. The Morgan fingerprint density at radius 2 is 2.11 bits per heavy atom. The number of hydrogen-bond acceptors (Lipinski definition) is 3. The first kappa shape index (κ1) is 14.3. The lowest BCUT2D eigenvalue weighted by Gasteiger charge is -2.09. The molecule has 6 nitrogen and oxygen atoms in total. The molecule has 0 saturated heterocycles. The fourth-order valence-corrected chi connectivity index (χ4v) is 1.71. The fourth-order valence-electron chi connectivity index (χ4n) is 1.17. The number of halogens is 1. The molecule has 1 aromatic rings. The van der Waals surface area contributed by atoms with Gasteiger partial charge in [0.05, 0.1) is 18.1 Å². The van der Waals surface area contributed by atoms with Gasteiger partial charge in [-0.3, -0.25) is 4.79 Å². The summed E-state index contributed by atoms with van der Waals surface area (Å²) in [4.78, 5) is 22.4. The topological polar surface area (TPSA) is 79.5 Å². The van der Waals surface area contributed by atoms with Crippen molar-refractivity contribution in [1.29, 1.82) is 0 Å². The summed E-state index contributed by atoms with van der Waals surface area (Å²) in [5.74, 6) is 0.410. The molecule has 0 saturated carbocycles. The van der Waals surface area contributed by atoms with Gasteiger partial charge in [0.25, 0.3) is 0 Å². The van der Waals surface area contributed by atoms with Crippen LogP contribution in [0.5, 0.6) is 5.75 Å². The molecule has 7 heteroatoms. The maximum absolute atomic E-state index is 11.4. The highest BCUT2D eigenvalue weighted by atomic mass is 79.9. The number of carbonyl (C=O) groups is 2. The molecule has 0 heterocycles. The van der Waals surface area contributed by atoms with Crippen LogP contribution in [0.3, 0.4) is 0 Å². The maximum Gasteiger partial charge on any atom is 0.319 e. The Kier molecular flexibility index (Phi) is 5.44. The monoisotopic (exact) mass is 315 g/mol. The van der Waals surface area contributed by atoms with Crippen LogP contribution in [0.4, 0.5) is 10.5 Å². The van der Waals surface area contributed by atoms with E-state index >= 15 is 0 Å². The van der Waals surface area contributed by atoms with E-state index in [1.807, 2.05) is 0 Å². The van der Waals surface area contributed by atoms with Crippen molar-refractivity contribution < 1.29 is 14.3 Å². The van der Waals surface area contributed by atoms with Crippen molar-refractivity contribution in [2.24, 2.45) is 0 Å². The van der Waals surface area contributed by atoms with Crippen LogP contribution in [0.1, 0.15) is 0 Å². The molecule has 3 N–H and O–H groups in total. The standard InChI is InChI=1S/C11H14BrN3O3/c1-13-10(16)6-14-11(17)15-7-3-4-9(18-2)8(12)5-7/h3-5H,6H2,1-2H3,(H,13,16)(H2,14,15,17). The summed E-state index contributed by atoms with van der Waals surface area (Å²) in [6, 6.07) is 4.68. The largest absolute Gasteiger partial charge is 0.496 e. The molecule has 0 aromatic heterocycles. The highest BCUT2D eigenvalue weighted by Crippen LogP contribution is 2.27. The molecule has 0 spiro atoms. The minimum Gasteiger partial charge on any atom is -0.496 e. The van der Waals surface area contributed by atoms with Gasteiger partial charge in [-0.05, 0) is 34.1 Å². The number of hydrogen-bond donors (Lipinski definition) is 3. The second-order valence-corrected chi connectivity index (χ2v) is 4.18. The first-order chi connectivity index (χ1) is 8.56. The van der Waals surface area contributed by atoms with Gasteiger partial charge in [-0.2, -0.15) is 0 Å². The van der Waals surface area contributed by atoms with Crippen molar-refractivity contribution in [1.82, 2.24) is 10.6 Å². The number of nitrogens with one attached hydrogen (secondary N) is 3. The highest BCUT2D eigenvalue weighted by Gasteiger charge is 2.06. The van der Waals surface area contributed by atoms with Crippen LogP contribution in [0.15, 0.2) is 22.7 Å². The normalized spacial score (nSPS) is 9.50. The smallest absolute Gasteiger partial charge is 0.319 e. The van der Waals surface area contributed by atoms with Crippen molar-refractivity contribution in [2.75, 3.05) is 26.0 Å². The van der Waals surface area contributed by atoms with E-state index in [1.54, 1.807) is 25.3 Å². The number of likely N-dealkylation sites (N-methyl/N-ethyl adjacent to an activating group) is 1. The van der Waals surface area contributed by atoms with Crippen LogP contribution in [-0.2, 0) is 4.79 Å². The molecule has 0 unspecified atom stereocenters. The van der Waals surface area contributed by atoms with E-state index in [2.05, 4.69) is 31.9 Å². The molecule has 0 atom stereocenters. The minimum atomic E-state index is -0.448. The minimum absolute atomic E-state index is 0.0698. The molecule has 1 aromatic carbocycles. The molecule has 98 valence electrons. The van der Waals surface area contributed by atoms with Crippen LogP contribution in [0.25, 0.3) is 0 Å². The third-order valence-electron chi connectivity index (χ3n) is 2.10. The van der Waals surface area contributed by atoms with E-state index in [-0.39, 0.29) is 12.5 Å². The molecule has 0 aliphatic carbocycles. The van der Waals surface area contributed by atoms with E-state index in [4.69, 9.17) is 4.74 Å². The van der Waals surface area contributed by atoms with Crippen molar-refractivity contribution in [3.63, 3.8) is 0 Å². The van der Waals surface area contributed by atoms with Gasteiger partial charge in [0.1, 0.15) is 5.75 Å². The maximum atomic E-state index is 11.4. The lowest BCUT2D eigenvalue weighted by molar-refractivity contribution is -0.119. The third kappa shape index (κ3) is 4.25. The number of rotatable bonds is 4. The Balaban J connectivity index is 2.54. The van der Waals surface area contributed by atoms with E-state index < -0.39 is 6.03 Å². The van der Waals surface area contributed by atoms with Gasteiger partial charge in [0.2, 0.25) is 5.91 Å². The number of urea groups is 1. The average molecular weight is 316 g/mol. The number of methoxy groups -OCH3 is 1. The van der Waals surface area contributed by atoms with Gasteiger partial charge in [0, 0.05) is 12.7 Å². The summed E-state index contributed by atoms with van der Waals surface area (Å²) in [6.07, 6.45) is 0. The molecular formula is C11H14BrN3O3. The molecule has 0 bridgehead atoms. The average Bonchev–Trinajstić information content (AvgIpc) is 2.36. The van der Waals surface area contributed by atoms with Crippen LogP contribution in [0, 0.1) is 0 Å². The second-order valence-electron chi connectivity index (χ2n) is 3.33. The van der Waals surface area contributed by atoms with Crippen LogP contribution in [0.2, 0.25) is 0 Å². The summed E-state index contributed by atoms with van der Waals surface area (Å²) < 4.78 is 5.80. The predicted octanol–water partition coefficient (Wildman–Crippen LogP) is 1.33. The molecule has 3 amide bonds. The molecule has 1 rings (SSSR count). The lowest BCUT2D eigenvalue weighted by Crippen LogP contribution is -2.37. The lowest BCUT2D eigenvalue weighted by atomic mass is 10.3. The van der Waals surface area contributed by atoms with Crippen LogP contribution in [-0.4, -0.2) is 32.6 Å². The van der Waals surface area contributed by atoms with Crippen LogP contribution >= 0.6 is 15.9 Å². The van der Waals surface area contributed by atoms with E-state index in [0.29, 0.717) is 11.4 Å². The Morgan fingerprint density at radius 1 is 1.39 bits per heavy atom. The number of benzene rings is 1. The fraction of sp³-hybridized carbons (Fsp3) is 0.273. The molecule has 0 aliphatic heterocycles. The number of amides is 3. The second kappa shape index (κ2) is 6.85. The van der Waals surface area contributed by atoms with E-state index in [1.165, 1.54) is 7.05 Å². The van der Waals surface area contributed by atoms with Gasteiger partial charge < -0.3 is 20.7 Å². The van der Waals surface area contributed by atoms with Gasteiger partial charge in [-0.25, -0.2) is 4.79 Å². The first-order valence-corrected chi connectivity index (χ1v) is 5.95. The summed E-state index contributed by atoms with van der Waals surface area (Å²) in [6.45, 7) is -0.0698. The summed E-state index contributed by atoms with van der Waals surface area (Å²) in [5.41, 5.74) is 0.595. The van der Waals surface area contributed by atoms with Crippen LogP contribution < -0.4 is 20.7 Å². The van der Waals surface area contributed by atoms with Gasteiger partial charge in [0.15, 0.2) is 0 Å². The van der Waals surface area contributed by atoms with Gasteiger partial charge in [-0.1, -0.05) is 0 Å². The highest BCUT2D eigenvalue weighted by molar-refractivity contribution is 9.10. The Hall–Kier alpha value is -1.76. The van der Waals surface area contributed by atoms with Crippen molar-refractivity contribution in [3.05, 3.63) is 22.7 Å². The van der Waals surface area contributed by atoms with E-state index in [0.717, 1.165) is 4.47 Å². The zero-order valence-electron chi connectivity index (χ0n) is 10.0. The Bertz CT molecular complexity index is 451. The summed E-state index contributed by atoms with van der Waals surface area (Å²) in [7, 11) is 3.06. The Morgan fingerprint density at radius 3 is 2.67 bits per heavy atom. The predicted molar refractivity (Wildman–Crippen MR) is 71.8 cm³/mol. The number of ether oxygens (including phenoxy) is 1. The number of anilines is 1. The zero-order chi connectivity index (χ0) is 13.5. The van der Waals surface area contributed by atoms with Gasteiger partial charge >= 0.3 is 6.03 Å². The van der Waals surface area contributed by atoms with Gasteiger partial charge in [-0.15, -0.1) is 0 Å². The molecule has 0 fully saturated rings. The molecular weight excluding hydrogens is 302 g/mol. The zero-order valence-corrected chi connectivity index (χ0v) is 11.6. The molecule has 0 aliphatic rings. The van der Waals surface area contributed by atoms with E-state index in [9.17, 15) is 9.59 Å². The number of carbonyl (C=O) groups excluding carboxylic acids is 2. The molecule has 18 heavy (non-hydrogen) atoms. The molecule has 0 radical (unpaired) electrons. The summed E-state index contributed by atoms with van der Waals surface area (Å²) >= 11 is 3.31. The van der Waals surface area contributed by atoms with Crippen molar-refractivity contribution >= 4 is 33.6 Å². The van der Waals surface area contributed by atoms with Crippen molar-refractivity contribution in [3.8, 4) is 5.75 Å². The quantitative estimate of drug-likeness (QED) is 0.784. The SMILES string of the molecule is CNC(=O)CNC(=O)Nc1ccc(OC)c(Br)c1. The third-order valence-corrected chi connectivity index (χ3v) is 2.72. The Labute approximate surface area is 113 Å². The summed E-state index contributed by atoms with van der Waals surface area (Å²) in [5, 5.41) is 7.42. The van der Waals surface area contributed by atoms with Crippen molar-refractivity contribution in [2.45, 2.75) is 0 Å².